The summed E-state index contributed by atoms with van der Waals surface area (Å²) in [4.78, 5) is 27.6. The van der Waals surface area contributed by atoms with Crippen molar-refractivity contribution in [2.45, 2.75) is 32.4 Å². The van der Waals surface area contributed by atoms with Gasteiger partial charge in [-0.25, -0.2) is 19.3 Å². The van der Waals surface area contributed by atoms with Crippen LogP contribution in [0.1, 0.15) is 34.6 Å². The van der Waals surface area contributed by atoms with E-state index in [2.05, 4.69) is 29.5 Å². The first-order chi connectivity index (χ1) is 15.5. The Hall–Kier alpha value is -2.98. The molecule has 168 valence electrons. The number of carbonyl (C=O) groups excluding carboxylic acids is 1. The second kappa shape index (κ2) is 10.1. The number of nitrogens with one attached hydrogen (secondary N) is 1. The standard InChI is InChI=1S/C21H23ClN6O3S/c1-13-18(22)26-19(21(29)24-9-14-10-25-32-12-14)27-20(13)28-7-5-15(6-8-28)31-16-3-4-17(30-2)23-11-16/h3-4,10-12,15H,5-9H2,1-2H3,(H,24,29). The number of nitrogens with zero attached hydrogens (tertiary/aromatic N) is 5. The molecule has 3 aromatic rings. The van der Waals surface area contributed by atoms with E-state index < -0.39 is 0 Å². The molecule has 0 bridgehead atoms. The maximum absolute atomic E-state index is 12.6. The molecular formula is C21H23ClN6O3S. The van der Waals surface area contributed by atoms with Crippen LogP contribution >= 0.6 is 23.1 Å². The number of pyridine rings is 1. The monoisotopic (exact) mass is 474 g/mol. The maximum Gasteiger partial charge on any atom is 0.289 e. The van der Waals surface area contributed by atoms with Crippen molar-refractivity contribution in [3.05, 3.63) is 52.0 Å². The highest BCUT2D eigenvalue weighted by Crippen LogP contribution is 2.27. The molecule has 0 unspecified atom stereocenters. The van der Waals surface area contributed by atoms with Crippen molar-refractivity contribution in [1.82, 2.24) is 24.6 Å². The molecule has 4 rings (SSSR count). The molecular weight excluding hydrogens is 452 g/mol. The molecule has 1 N–H and O–H groups in total. The van der Waals surface area contributed by atoms with Crippen molar-refractivity contribution in [1.29, 1.82) is 0 Å². The minimum absolute atomic E-state index is 0.0569. The Morgan fingerprint density at radius 1 is 1.28 bits per heavy atom. The SMILES string of the molecule is COc1ccc(OC2CCN(c3nc(C(=O)NCc4cnsc4)nc(Cl)c3C)CC2)cn1. The normalized spacial score (nSPS) is 14.3. The van der Waals surface area contributed by atoms with E-state index in [1.807, 2.05) is 18.4 Å². The van der Waals surface area contributed by atoms with E-state index in [-0.39, 0.29) is 23.0 Å². The third kappa shape index (κ3) is 5.25. The molecule has 0 spiro atoms. The van der Waals surface area contributed by atoms with Crippen LogP contribution in [0.25, 0.3) is 0 Å². The Morgan fingerprint density at radius 3 is 2.75 bits per heavy atom. The van der Waals surface area contributed by atoms with Gasteiger partial charge in [0.15, 0.2) is 0 Å². The first-order valence-corrected chi connectivity index (χ1v) is 11.4. The van der Waals surface area contributed by atoms with Crippen molar-refractivity contribution in [2.75, 3.05) is 25.1 Å². The van der Waals surface area contributed by atoms with Gasteiger partial charge in [-0.15, -0.1) is 0 Å². The molecule has 0 aliphatic carbocycles. The molecule has 0 saturated carbocycles. The average Bonchev–Trinajstić information content (AvgIpc) is 3.34. The summed E-state index contributed by atoms with van der Waals surface area (Å²) in [5.74, 6) is 1.63. The zero-order chi connectivity index (χ0) is 22.5. The minimum Gasteiger partial charge on any atom is -0.489 e. The highest BCUT2D eigenvalue weighted by Gasteiger charge is 2.25. The van der Waals surface area contributed by atoms with Crippen LogP contribution in [0, 0.1) is 6.92 Å². The molecule has 1 saturated heterocycles. The summed E-state index contributed by atoms with van der Waals surface area (Å²) >= 11 is 7.67. The van der Waals surface area contributed by atoms with E-state index in [4.69, 9.17) is 21.1 Å². The van der Waals surface area contributed by atoms with Crippen molar-refractivity contribution >= 4 is 34.9 Å². The summed E-state index contributed by atoms with van der Waals surface area (Å²) in [6, 6.07) is 3.63. The molecule has 4 heterocycles. The molecule has 3 aromatic heterocycles. The lowest BCUT2D eigenvalue weighted by Crippen LogP contribution is -2.39. The molecule has 0 atom stereocenters. The van der Waals surface area contributed by atoms with E-state index in [0.717, 1.165) is 37.1 Å². The second-order valence-electron chi connectivity index (χ2n) is 7.34. The van der Waals surface area contributed by atoms with Gasteiger partial charge in [0.2, 0.25) is 11.7 Å². The summed E-state index contributed by atoms with van der Waals surface area (Å²) in [7, 11) is 1.58. The number of hydrogen-bond acceptors (Lipinski definition) is 9. The number of rotatable bonds is 7. The minimum atomic E-state index is -0.371. The Kier molecular flexibility index (Phi) is 7.01. The van der Waals surface area contributed by atoms with Gasteiger partial charge >= 0.3 is 0 Å². The molecule has 11 heteroatoms. The number of halogens is 1. The summed E-state index contributed by atoms with van der Waals surface area (Å²) < 4.78 is 15.2. The van der Waals surface area contributed by atoms with Gasteiger partial charge < -0.3 is 19.7 Å². The van der Waals surface area contributed by atoms with E-state index in [0.29, 0.717) is 24.0 Å². The third-order valence-electron chi connectivity index (χ3n) is 5.16. The van der Waals surface area contributed by atoms with Crippen molar-refractivity contribution in [2.24, 2.45) is 0 Å². The molecule has 9 nitrogen and oxygen atoms in total. The molecule has 0 aromatic carbocycles. The van der Waals surface area contributed by atoms with Gasteiger partial charge in [0.05, 0.1) is 13.3 Å². The molecule has 1 aliphatic heterocycles. The van der Waals surface area contributed by atoms with Crippen LogP contribution < -0.4 is 19.7 Å². The summed E-state index contributed by atoms with van der Waals surface area (Å²) in [5.41, 5.74) is 1.68. The fraction of sp³-hybridized carbons (Fsp3) is 0.381. The fourth-order valence-electron chi connectivity index (χ4n) is 3.40. The van der Waals surface area contributed by atoms with Gasteiger partial charge in [0, 0.05) is 61.2 Å². The lowest BCUT2D eigenvalue weighted by atomic mass is 10.1. The number of amides is 1. The van der Waals surface area contributed by atoms with Crippen LogP contribution in [-0.2, 0) is 6.54 Å². The smallest absolute Gasteiger partial charge is 0.289 e. The largest absolute Gasteiger partial charge is 0.489 e. The Labute approximate surface area is 194 Å². The fourth-order valence-corrected chi connectivity index (χ4v) is 4.10. The Balaban J connectivity index is 1.39. The summed E-state index contributed by atoms with van der Waals surface area (Å²) in [6.07, 6.45) is 5.06. The zero-order valence-corrected chi connectivity index (χ0v) is 19.3. The van der Waals surface area contributed by atoms with Crippen molar-refractivity contribution in [3.8, 4) is 11.6 Å². The number of piperidine rings is 1. The number of ether oxygens (including phenoxy) is 2. The molecule has 1 aliphatic rings. The van der Waals surface area contributed by atoms with E-state index >= 15 is 0 Å². The van der Waals surface area contributed by atoms with Crippen molar-refractivity contribution in [3.63, 3.8) is 0 Å². The lowest BCUT2D eigenvalue weighted by Gasteiger charge is -2.33. The quantitative estimate of drug-likeness (QED) is 0.520. The zero-order valence-electron chi connectivity index (χ0n) is 17.7. The number of hydrogen-bond donors (Lipinski definition) is 1. The highest BCUT2D eigenvalue weighted by atomic mass is 35.5. The van der Waals surface area contributed by atoms with Gasteiger partial charge in [-0.1, -0.05) is 11.6 Å². The van der Waals surface area contributed by atoms with Gasteiger partial charge in [-0.05, 0) is 24.5 Å². The Morgan fingerprint density at radius 2 is 2.09 bits per heavy atom. The third-order valence-corrected chi connectivity index (χ3v) is 6.17. The van der Waals surface area contributed by atoms with Crippen molar-refractivity contribution < 1.29 is 14.3 Å². The van der Waals surface area contributed by atoms with E-state index in [9.17, 15) is 4.79 Å². The second-order valence-corrected chi connectivity index (χ2v) is 8.36. The highest BCUT2D eigenvalue weighted by molar-refractivity contribution is 7.03. The summed E-state index contributed by atoms with van der Waals surface area (Å²) in [6.45, 7) is 3.68. The molecule has 0 radical (unpaired) electrons. The Bertz CT molecular complexity index is 1060. The predicted molar refractivity (Wildman–Crippen MR) is 122 cm³/mol. The average molecular weight is 475 g/mol. The summed E-state index contributed by atoms with van der Waals surface area (Å²) in [5, 5.41) is 4.97. The van der Waals surface area contributed by atoms with Crippen LogP contribution in [0.3, 0.4) is 0 Å². The van der Waals surface area contributed by atoms with E-state index in [1.54, 1.807) is 25.6 Å². The van der Waals surface area contributed by atoms with Crippen LogP contribution in [0.2, 0.25) is 5.15 Å². The van der Waals surface area contributed by atoms with Gasteiger partial charge in [0.1, 0.15) is 22.8 Å². The molecule has 32 heavy (non-hydrogen) atoms. The molecule has 1 fully saturated rings. The first kappa shape index (κ1) is 22.2. The number of anilines is 1. The maximum atomic E-state index is 12.6. The van der Waals surface area contributed by atoms with Gasteiger partial charge in [-0.3, -0.25) is 4.79 Å². The van der Waals surface area contributed by atoms with Gasteiger partial charge in [-0.2, -0.15) is 0 Å². The van der Waals surface area contributed by atoms with E-state index in [1.165, 1.54) is 11.5 Å². The lowest BCUT2D eigenvalue weighted by molar-refractivity contribution is 0.0940. The van der Waals surface area contributed by atoms with Crippen LogP contribution in [0.15, 0.2) is 29.9 Å². The van der Waals surface area contributed by atoms with Crippen LogP contribution in [0.4, 0.5) is 5.82 Å². The topological polar surface area (TPSA) is 102 Å². The van der Waals surface area contributed by atoms with Crippen LogP contribution in [0.5, 0.6) is 11.6 Å². The van der Waals surface area contributed by atoms with Crippen LogP contribution in [-0.4, -0.2) is 51.5 Å². The predicted octanol–water partition coefficient (Wildman–Crippen LogP) is 3.28. The molecule has 1 amide bonds. The number of aromatic nitrogens is 4. The first-order valence-electron chi connectivity index (χ1n) is 10.2. The van der Waals surface area contributed by atoms with Gasteiger partial charge in [0.25, 0.3) is 5.91 Å². The number of methoxy groups -OCH3 is 1. The number of carbonyl (C=O) groups is 1.